The molecule has 0 radical (unpaired) electrons. The van der Waals surface area contributed by atoms with Gasteiger partial charge in [0.2, 0.25) is 11.7 Å². The van der Waals surface area contributed by atoms with Gasteiger partial charge in [0.05, 0.1) is 6.54 Å². The zero-order valence-electron chi connectivity index (χ0n) is 18.8. The summed E-state index contributed by atoms with van der Waals surface area (Å²) in [4.78, 5) is 49.7. The third-order valence-electron chi connectivity index (χ3n) is 5.64. The Morgan fingerprint density at radius 3 is 2.50 bits per heavy atom. The van der Waals surface area contributed by atoms with Crippen LogP contribution in [0, 0.1) is 0 Å². The van der Waals surface area contributed by atoms with E-state index >= 15 is 0 Å². The van der Waals surface area contributed by atoms with Gasteiger partial charge in [-0.2, -0.15) is 0 Å². The summed E-state index contributed by atoms with van der Waals surface area (Å²) < 4.78 is 7.23. The Labute approximate surface area is 204 Å². The molecular weight excluding hydrogens is 464 g/mol. The predicted octanol–water partition coefficient (Wildman–Crippen LogP) is 3.51. The fourth-order valence-corrected chi connectivity index (χ4v) is 4.00. The first-order valence-corrected chi connectivity index (χ1v) is 11.0. The van der Waals surface area contributed by atoms with E-state index in [1.165, 1.54) is 6.07 Å². The maximum absolute atomic E-state index is 12.9. The van der Waals surface area contributed by atoms with Gasteiger partial charge in [-0.1, -0.05) is 36.4 Å². The van der Waals surface area contributed by atoms with Gasteiger partial charge >= 0.3 is 12.0 Å². The minimum atomic E-state index is -1.15. The van der Waals surface area contributed by atoms with Crippen molar-refractivity contribution in [1.29, 1.82) is 0 Å². The zero-order chi connectivity index (χ0) is 25.2. The molecule has 180 valence electrons. The molecule has 1 aliphatic rings. The van der Waals surface area contributed by atoms with Gasteiger partial charge in [0.1, 0.15) is 18.0 Å². The van der Waals surface area contributed by atoms with Crippen LogP contribution in [-0.2, 0) is 16.1 Å². The van der Waals surface area contributed by atoms with Crippen molar-refractivity contribution in [3.63, 3.8) is 0 Å². The van der Waals surface area contributed by atoms with Gasteiger partial charge in [-0.05, 0) is 36.4 Å². The van der Waals surface area contributed by atoms with Crippen LogP contribution in [0.1, 0.15) is 21.9 Å². The van der Waals surface area contributed by atoms with Crippen LogP contribution in [0.4, 0.5) is 10.5 Å². The van der Waals surface area contributed by atoms with Crippen LogP contribution >= 0.6 is 0 Å². The third-order valence-corrected chi connectivity index (χ3v) is 5.64. The average molecular weight is 484 g/mol. The van der Waals surface area contributed by atoms with Crippen LogP contribution < -0.4 is 10.6 Å². The van der Waals surface area contributed by atoms with Crippen molar-refractivity contribution >= 4 is 46.5 Å². The van der Waals surface area contributed by atoms with Gasteiger partial charge in [0.25, 0.3) is 5.91 Å². The van der Waals surface area contributed by atoms with E-state index in [2.05, 4.69) is 10.6 Å². The number of carbonyl (C=O) groups excluding carboxylic acids is 3. The molecule has 36 heavy (non-hydrogen) atoms. The van der Waals surface area contributed by atoms with Gasteiger partial charge in [-0.15, -0.1) is 0 Å². The molecule has 0 bridgehead atoms. The Bertz CT molecular complexity index is 1530. The number of nitrogens with zero attached hydrogens (tertiary/aromatic N) is 2. The van der Waals surface area contributed by atoms with E-state index in [-0.39, 0.29) is 18.0 Å². The number of carboxylic acid groups (broad SMARTS) is 1. The number of fused-ring (bicyclic) bond motifs is 1. The Kier molecular flexibility index (Phi) is 5.83. The van der Waals surface area contributed by atoms with E-state index in [9.17, 15) is 19.2 Å². The number of hydrogen-bond acceptors (Lipinski definition) is 5. The molecule has 3 N–H and O–H groups in total. The monoisotopic (exact) mass is 484 g/mol. The van der Waals surface area contributed by atoms with Crippen molar-refractivity contribution < 1.29 is 28.7 Å². The van der Waals surface area contributed by atoms with E-state index in [4.69, 9.17) is 9.52 Å². The number of urea groups is 1. The van der Waals surface area contributed by atoms with Crippen LogP contribution in [0.25, 0.3) is 17.0 Å². The number of anilines is 1. The zero-order valence-corrected chi connectivity index (χ0v) is 18.8. The van der Waals surface area contributed by atoms with E-state index < -0.39 is 30.4 Å². The Balaban J connectivity index is 1.38. The van der Waals surface area contributed by atoms with Crippen LogP contribution in [0.15, 0.2) is 83.0 Å². The molecule has 1 aliphatic heterocycles. The van der Waals surface area contributed by atoms with Crippen LogP contribution in [0.3, 0.4) is 0 Å². The molecule has 1 fully saturated rings. The Morgan fingerprint density at radius 1 is 1.00 bits per heavy atom. The first-order valence-electron chi connectivity index (χ1n) is 11.0. The summed E-state index contributed by atoms with van der Waals surface area (Å²) >= 11 is 0. The van der Waals surface area contributed by atoms with Gasteiger partial charge in [-0.3, -0.25) is 9.59 Å². The summed E-state index contributed by atoms with van der Waals surface area (Å²) in [5.74, 6) is -1.96. The second kappa shape index (κ2) is 9.26. The highest BCUT2D eigenvalue weighted by molar-refractivity contribution is 6.16. The number of amides is 4. The number of carboxylic acids is 1. The second-order valence-electron chi connectivity index (χ2n) is 8.09. The van der Waals surface area contributed by atoms with Gasteiger partial charge in [-0.25, -0.2) is 14.5 Å². The van der Waals surface area contributed by atoms with Crippen molar-refractivity contribution in [1.82, 2.24) is 14.8 Å². The van der Waals surface area contributed by atoms with Gasteiger partial charge < -0.3 is 24.7 Å². The topological polar surface area (TPSA) is 134 Å². The van der Waals surface area contributed by atoms with E-state index in [1.54, 1.807) is 42.6 Å². The van der Waals surface area contributed by atoms with Crippen molar-refractivity contribution in [2.75, 3.05) is 11.9 Å². The summed E-state index contributed by atoms with van der Waals surface area (Å²) in [6.45, 7) is -0.161. The first-order chi connectivity index (χ1) is 17.4. The van der Waals surface area contributed by atoms with Crippen molar-refractivity contribution in [2.24, 2.45) is 0 Å². The Hall–Kier alpha value is -5.12. The second-order valence-corrected chi connectivity index (χ2v) is 8.09. The van der Waals surface area contributed by atoms with Crippen molar-refractivity contribution in [3.05, 3.63) is 95.7 Å². The fourth-order valence-electron chi connectivity index (χ4n) is 4.00. The molecule has 0 aliphatic carbocycles. The standard InChI is InChI=1S/C26H20N4O6/c31-23(27-17-6-2-1-3-7-17)15-30-24(32)20(28-26(30)35)12-16-13-29(21-9-5-4-8-19(16)21)14-18-10-11-22(36-18)25(33)34/h1-13H,14-15H2,(H,27,31)(H,28,35)(H,33,34). The summed E-state index contributed by atoms with van der Waals surface area (Å²) in [6.07, 6.45) is 3.34. The maximum Gasteiger partial charge on any atom is 0.371 e. The third kappa shape index (κ3) is 4.47. The number of carbonyl (C=O) groups is 4. The molecule has 2 aromatic heterocycles. The summed E-state index contributed by atoms with van der Waals surface area (Å²) in [6, 6.07) is 18.5. The molecule has 3 heterocycles. The minimum absolute atomic E-state index is 0.0431. The van der Waals surface area contributed by atoms with Crippen LogP contribution in [0.5, 0.6) is 0 Å². The number of aromatic carboxylic acids is 1. The van der Waals surface area contributed by atoms with Gasteiger partial charge in [0, 0.05) is 28.4 Å². The molecule has 5 rings (SSSR count). The molecule has 2 aromatic carbocycles. The van der Waals surface area contributed by atoms with E-state index in [1.807, 2.05) is 34.9 Å². The summed E-state index contributed by atoms with van der Waals surface area (Å²) in [5, 5.41) is 15.1. The maximum atomic E-state index is 12.9. The van der Waals surface area contributed by atoms with E-state index in [0.717, 1.165) is 15.8 Å². The molecule has 10 heteroatoms. The summed E-state index contributed by atoms with van der Waals surface area (Å²) in [5.41, 5.74) is 2.09. The molecule has 0 atom stereocenters. The molecule has 4 aromatic rings. The van der Waals surface area contributed by atoms with Crippen LogP contribution in [0.2, 0.25) is 0 Å². The van der Waals surface area contributed by atoms with Crippen LogP contribution in [-0.4, -0.2) is 44.9 Å². The van der Waals surface area contributed by atoms with Crippen molar-refractivity contribution in [3.8, 4) is 0 Å². The summed E-state index contributed by atoms with van der Waals surface area (Å²) in [7, 11) is 0. The number of furan rings is 1. The predicted molar refractivity (Wildman–Crippen MR) is 130 cm³/mol. The number of hydrogen-bond donors (Lipinski definition) is 3. The van der Waals surface area contributed by atoms with Crippen molar-refractivity contribution in [2.45, 2.75) is 6.54 Å². The lowest BCUT2D eigenvalue weighted by Gasteiger charge is -2.11. The Morgan fingerprint density at radius 2 is 1.75 bits per heavy atom. The minimum Gasteiger partial charge on any atom is -0.475 e. The number of benzene rings is 2. The molecule has 0 saturated carbocycles. The normalized spacial score (nSPS) is 14.4. The number of aromatic nitrogens is 1. The molecule has 10 nitrogen and oxygen atoms in total. The van der Waals surface area contributed by atoms with E-state index in [0.29, 0.717) is 17.0 Å². The smallest absolute Gasteiger partial charge is 0.371 e. The van der Waals surface area contributed by atoms with Gasteiger partial charge in [0.15, 0.2) is 0 Å². The molecule has 1 saturated heterocycles. The SMILES string of the molecule is O=C(CN1C(=O)NC(=Cc2cn(Cc3ccc(C(=O)O)o3)c3ccccc23)C1=O)Nc1ccccc1. The quantitative estimate of drug-likeness (QED) is 0.272. The fraction of sp³-hybridized carbons (Fsp3) is 0.0769. The number of rotatable bonds is 7. The molecule has 0 spiro atoms. The molecule has 0 unspecified atom stereocenters. The number of imide groups is 1. The number of nitrogens with one attached hydrogen (secondary N) is 2. The molecule has 4 amide bonds. The largest absolute Gasteiger partial charge is 0.475 e. The lowest BCUT2D eigenvalue weighted by molar-refractivity contribution is -0.127. The highest BCUT2D eigenvalue weighted by Gasteiger charge is 2.35. The highest BCUT2D eigenvalue weighted by Crippen LogP contribution is 2.26. The highest BCUT2D eigenvalue weighted by atomic mass is 16.4. The lowest BCUT2D eigenvalue weighted by atomic mass is 10.1. The first kappa shape index (κ1) is 22.7. The number of para-hydroxylation sites is 2. The lowest BCUT2D eigenvalue weighted by Crippen LogP contribution is -2.38. The molecular formula is C26H20N4O6. The average Bonchev–Trinajstić information content (AvgIpc) is 3.54.